The van der Waals surface area contributed by atoms with Crippen LogP contribution in [0.2, 0.25) is 0 Å². The molecule has 0 bridgehead atoms. The molecule has 1 aromatic carbocycles. The number of pyridine rings is 1. The number of ether oxygens (including phenoxy) is 1. The van der Waals surface area contributed by atoms with Crippen molar-refractivity contribution < 1.29 is 9.53 Å². The number of para-hydroxylation sites is 1. The SMILES string of the molecule is CCCOc1ccccc1[C@@H]1CC(=O)NCc2nc3ccccn3c21. The first-order valence-electron chi connectivity index (χ1n) is 8.72. The lowest BCUT2D eigenvalue weighted by molar-refractivity contribution is -0.121. The van der Waals surface area contributed by atoms with Gasteiger partial charge in [-0.05, 0) is 24.6 Å². The average molecular weight is 335 g/mol. The van der Waals surface area contributed by atoms with Crippen molar-refractivity contribution in [3.8, 4) is 5.75 Å². The highest BCUT2D eigenvalue weighted by Gasteiger charge is 2.30. The van der Waals surface area contributed by atoms with Crippen LogP contribution in [0.5, 0.6) is 5.75 Å². The van der Waals surface area contributed by atoms with E-state index in [-0.39, 0.29) is 11.8 Å². The molecule has 1 atom stereocenters. The Morgan fingerprint density at radius 3 is 2.96 bits per heavy atom. The minimum absolute atomic E-state index is 0.0398. The molecule has 1 aliphatic rings. The van der Waals surface area contributed by atoms with Crippen molar-refractivity contribution >= 4 is 11.6 Å². The van der Waals surface area contributed by atoms with Crippen LogP contribution >= 0.6 is 0 Å². The van der Waals surface area contributed by atoms with Gasteiger partial charge in [-0.25, -0.2) is 4.98 Å². The van der Waals surface area contributed by atoms with Gasteiger partial charge >= 0.3 is 0 Å². The number of carbonyl (C=O) groups is 1. The van der Waals surface area contributed by atoms with Gasteiger partial charge in [-0.1, -0.05) is 31.2 Å². The van der Waals surface area contributed by atoms with Crippen molar-refractivity contribution in [3.63, 3.8) is 0 Å². The van der Waals surface area contributed by atoms with Gasteiger partial charge in [0.1, 0.15) is 11.4 Å². The number of nitrogens with zero attached hydrogens (tertiary/aromatic N) is 2. The van der Waals surface area contributed by atoms with Crippen molar-refractivity contribution in [1.82, 2.24) is 14.7 Å². The number of benzene rings is 1. The second-order valence-electron chi connectivity index (χ2n) is 6.29. The molecular weight excluding hydrogens is 314 g/mol. The number of aromatic nitrogens is 2. The molecule has 128 valence electrons. The second kappa shape index (κ2) is 6.59. The summed E-state index contributed by atoms with van der Waals surface area (Å²) in [5, 5.41) is 2.97. The lowest BCUT2D eigenvalue weighted by Gasteiger charge is -2.19. The van der Waals surface area contributed by atoms with Crippen LogP contribution in [0.25, 0.3) is 5.65 Å². The van der Waals surface area contributed by atoms with Crippen molar-refractivity contribution in [1.29, 1.82) is 0 Å². The van der Waals surface area contributed by atoms with Gasteiger partial charge in [0.15, 0.2) is 0 Å². The maximum atomic E-state index is 12.3. The van der Waals surface area contributed by atoms with E-state index in [4.69, 9.17) is 9.72 Å². The summed E-state index contributed by atoms with van der Waals surface area (Å²) in [6.45, 7) is 3.21. The second-order valence-corrected chi connectivity index (χ2v) is 6.29. The molecular formula is C20H21N3O2. The Morgan fingerprint density at radius 1 is 1.24 bits per heavy atom. The number of imidazole rings is 1. The summed E-state index contributed by atoms with van der Waals surface area (Å²) in [4.78, 5) is 17.0. The third-order valence-corrected chi connectivity index (χ3v) is 4.57. The Balaban J connectivity index is 1.88. The molecule has 5 heteroatoms. The van der Waals surface area contributed by atoms with Crippen molar-refractivity contribution in [3.05, 3.63) is 65.6 Å². The zero-order valence-corrected chi connectivity index (χ0v) is 14.2. The molecule has 1 amide bonds. The normalized spacial score (nSPS) is 17.0. The molecule has 1 N–H and O–H groups in total. The minimum atomic E-state index is -0.0806. The number of carbonyl (C=O) groups excluding carboxylic acids is 1. The summed E-state index contributed by atoms with van der Waals surface area (Å²) >= 11 is 0. The van der Waals surface area contributed by atoms with Crippen LogP contribution < -0.4 is 10.1 Å². The zero-order chi connectivity index (χ0) is 17.2. The Labute approximate surface area is 146 Å². The van der Waals surface area contributed by atoms with E-state index in [0.29, 0.717) is 19.6 Å². The zero-order valence-electron chi connectivity index (χ0n) is 14.2. The van der Waals surface area contributed by atoms with Crippen molar-refractivity contribution in [2.45, 2.75) is 32.2 Å². The van der Waals surface area contributed by atoms with Gasteiger partial charge < -0.3 is 14.5 Å². The summed E-state index contributed by atoms with van der Waals surface area (Å²) < 4.78 is 8.05. The van der Waals surface area contributed by atoms with Crippen molar-refractivity contribution in [2.24, 2.45) is 0 Å². The molecule has 0 fully saturated rings. The Morgan fingerprint density at radius 2 is 2.08 bits per heavy atom. The number of fused-ring (bicyclic) bond motifs is 3. The summed E-state index contributed by atoms with van der Waals surface area (Å²) in [5.74, 6) is 0.807. The van der Waals surface area contributed by atoms with E-state index in [1.54, 1.807) is 0 Å². The van der Waals surface area contributed by atoms with E-state index in [0.717, 1.165) is 34.8 Å². The number of hydrogen-bond donors (Lipinski definition) is 1. The molecule has 0 radical (unpaired) electrons. The van der Waals surface area contributed by atoms with E-state index in [1.165, 1.54) is 0 Å². The van der Waals surface area contributed by atoms with Crippen LogP contribution in [0.1, 0.15) is 42.6 Å². The fraction of sp³-hybridized carbons (Fsp3) is 0.300. The number of rotatable bonds is 4. The fourth-order valence-electron chi connectivity index (χ4n) is 3.47. The van der Waals surface area contributed by atoms with E-state index in [1.807, 2.05) is 42.6 Å². The standard InChI is InChI=1S/C20H21N3O2/c1-2-11-25-17-8-4-3-7-14(17)15-12-19(24)21-13-16-20(15)23-10-6-5-9-18(23)22-16/h3-10,15H,2,11-13H2,1H3,(H,21,24)/t15-/m0/s1. The minimum Gasteiger partial charge on any atom is -0.493 e. The lowest BCUT2D eigenvalue weighted by Crippen LogP contribution is -2.21. The fourth-order valence-corrected chi connectivity index (χ4v) is 3.47. The van der Waals surface area contributed by atoms with Crippen molar-refractivity contribution in [2.75, 3.05) is 6.61 Å². The number of nitrogens with one attached hydrogen (secondary N) is 1. The molecule has 0 spiro atoms. The first-order chi connectivity index (χ1) is 12.3. The molecule has 4 rings (SSSR count). The molecule has 0 aliphatic carbocycles. The van der Waals surface area contributed by atoms with Crippen LogP contribution in [0.3, 0.4) is 0 Å². The predicted octanol–water partition coefficient (Wildman–Crippen LogP) is 3.27. The van der Waals surface area contributed by atoms with Crippen LogP contribution in [-0.2, 0) is 11.3 Å². The molecule has 0 saturated heterocycles. The van der Waals surface area contributed by atoms with E-state index >= 15 is 0 Å². The summed E-state index contributed by atoms with van der Waals surface area (Å²) in [6.07, 6.45) is 3.35. The van der Waals surface area contributed by atoms with Gasteiger partial charge in [0.25, 0.3) is 0 Å². The summed E-state index contributed by atoms with van der Waals surface area (Å²) in [6, 6.07) is 14.0. The van der Waals surface area contributed by atoms with Gasteiger partial charge in [0, 0.05) is 24.1 Å². The topological polar surface area (TPSA) is 55.6 Å². The first kappa shape index (κ1) is 15.7. The number of amides is 1. The quantitative estimate of drug-likeness (QED) is 0.796. The highest BCUT2D eigenvalue weighted by molar-refractivity contribution is 5.78. The maximum absolute atomic E-state index is 12.3. The first-order valence-corrected chi connectivity index (χ1v) is 8.72. The molecule has 5 nitrogen and oxygen atoms in total. The average Bonchev–Trinajstić information content (AvgIpc) is 2.93. The summed E-state index contributed by atoms with van der Waals surface area (Å²) in [7, 11) is 0. The molecule has 0 saturated carbocycles. The maximum Gasteiger partial charge on any atom is 0.221 e. The molecule has 0 unspecified atom stereocenters. The van der Waals surface area contributed by atoms with Crippen LogP contribution in [0.15, 0.2) is 48.7 Å². The van der Waals surface area contributed by atoms with Gasteiger partial charge in [-0.3, -0.25) is 4.79 Å². The van der Waals surface area contributed by atoms with Gasteiger partial charge in [-0.2, -0.15) is 0 Å². The van der Waals surface area contributed by atoms with E-state index in [2.05, 4.69) is 22.7 Å². The van der Waals surface area contributed by atoms with Crippen LogP contribution in [0, 0.1) is 0 Å². The smallest absolute Gasteiger partial charge is 0.221 e. The van der Waals surface area contributed by atoms with E-state index < -0.39 is 0 Å². The highest BCUT2D eigenvalue weighted by Crippen LogP contribution is 2.37. The largest absolute Gasteiger partial charge is 0.493 e. The Hall–Kier alpha value is -2.82. The molecule has 2 aromatic heterocycles. The van der Waals surface area contributed by atoms with Gasteiger partial charge in [0.05, 0.1) is 24.5 Å². The molecule has 3 aromatic rings. The monoisotopic (exact) mass is 335 g/mol. The Bertz CT molecular complexity index is 916. The molecule has 3 heterocycles. The predicted molar refractivity (Wildman–Crippen MR) is 95.7 cm³/mol. The van der Waals surface area contributed by atoms with Gasteiger partial charge in [0.2, 0.25) is 5.91 Å². The Kier molecular flexibility index (Phi) is 4.14. The molecule has 1 aliphatic heterocycles. The lowest BCUT2D eigenvalue weighted by atomic mass is 9.91. The molecule has 25 heavy (non-hydrogen) atoms. The summed E-state index contributed by atoms with van der Waals surface area (Å²) in [5.41, 5.74) is 3.94. The van der Waals surface area contributed by atoms with E-state index in [9.17, 15) is 4.79 Å². The van der Waals surface area contributed by atoms with Gasteiger partial charge in [-0.15, -0.1) is 0 Å². The third kappa shape index (κ3) is 2.86. The van der Waals surface area contributed by atoms with Crippen LogP contribution in [-0.4, -0.2) is 21.9 Å². The third-order valence-electron chi connectivity index (χ3n) is 4.57. The highest BCUT2D eigenvalue weighted by atomic mass is 16.5. The van der Waals surface area contributed by atoms with Crippen LogP contribution in [0.4, 0.5) is 0 Å². The number of hydrogen-bond acceptors (Lipinski definition) is 3.